The topological polar surface area (TPSA) is 129 Å². The molecule has 0 bridgehead atoms. The summed E-state index contributed by atoms with van der Waals surface area (Å²) in [6.45, 7) is 15.1. The Bertz CT molecular complexity index is 1990. The van der Waals surface area contributed by atoms with Crippen LogP contribution in [0.3, 0.4) is 0 Å². The van der Waals surface area contributed by atoms with E-state index in [0.717, 1.165) is 53.7 Å². The predicted octanol–water partition coefficient (Wildman–Crippen LogP) is 9.81. The normalized spacial score (nSPS) is 23.6. The summed E-state index contributed by atoms with van der Waals surface area (Å²) in [6.07, 6.45) is 8.45. The number of ether oxygens (including phenoxy) is 5. The Morgan fingerprint density at radius 2 is 1.67 bits per heavy atom. The molecule has 1 heterocycles. The number of aliphatic hydroxyl groups is 2. The molecule has 11 heteroatoms. The molecule has 3 aromatic carbocycles. The Balaban J connectivity index is 1.46. The van der Waals surface area contributed by atoms with Crippen molar-refractivity contribution in [1.82, 2.24) is 4.90 Å². The zero-order valence-corrected chi connectivity index (χ0v) is 36.9. The van der Waals surface area contributed by atoms with Crippen LogP contribution in [0.25, 0.3) is 0 Å². The number of nitrogens with zero attached hydrogens (tertiary/aromatic N) is 2. The van der Waals surface area contributed by atoms with Gasteiger partial charge in [0.2, 0.25) is 5.79 Å². The summed E-state index contributed by atoms with van der Waals surface area (Å²) in [4.78, 5) is 21.9. The number of hydrogen-bond acceptors (Lipinski definition) is 10. The number of hydrogen-bond donors (Lipinski definition) is 2. The Kier molecular flexibility index (Phi) is 15.7. The first-order valence-corrected chi connectivity index (χ1v) is 21.9. The van der Waals surface area contributed by atoms with Gasteiger partial charge in [0.1, 0.15) is 35.5 Å². The van der Waals surface area contributed by atoms with Crippen LogP contribution in [0, 0.1) is 31.6 Å². The zero-order valence-electron chi connectivity index (χ0n) is 36.9. The summed E-state index contributed by atoms with van der Waals surface area (Å²) in [5, 5.41) is 24.7. The van der Waals surface area contributed by atoms with Gasteiger partial charge < -0.3 is 43.6 Å². The highest BCUT2D eigenvalue weighted by Crippen LogP contribution is 2.62. The van der Waals surface area contributed by atoms with Gasteiger partial charge in [-0.05, 0) is 125 Å². The molecule has 0 saturated heterocycles. The number of aliphatic hydroxyl groups excluding tert-OH is 2. The summed E-state index contributed by atoms with van der Waals surface area (Å²) in [5.41, 5.74) is 5.44. The predicted molar refractivity (Wildman–Crippen MR) is 237 cm³/mol. The summed E-state index contributed by atoms with van der Waals surface area (Å²) in [5.74, 6) is 0.219. The lowest BCUT2D eigenvalue weighted by molar-refractivity contribution is -0.253. The summed E-state index contributed by atoms with van der Waals surface area (Å²) in [7, 11) is 1.72. The number of fused-ring (bicyclic) bond motifs is 2. The third-order valence-corrected chi connectivity index (χ3v) is 12.1. The Labute approximate surface area is 362 Å². The monoisotopic (exact) mass is 838 g/mol. The molecule has 2 N–H and O–H groups in total. The number of amides is 1. The first kappa shape index (κ1) is 45.8. The fraction of sp³-hybridized carbons (Fsp3) is 0.520. The van der Waals surface area contributed by atoms with Crippen LogP contribution >= 0.6 is 0 Å². The van der Waals surface area contributed by atoms with Crippen molar-refractivity contribution in [3.8, 4) is 17.2 Å². The fourth-order valence-electron chi connectivity index (χ4n) is 9.08. The molecule has 3 aliphatic rings. The highest BCUT2D eigenvalue weighted by atomic mass is 16.7. The number of benzene rings is 3. The second-order valence-electron chi connectivity index (χ2n) is 17.6. The second-order valence-corrected chi connectivity index (χ2v) is 17.6. The lowest BCUT2D eigenvalue weighted by Crippen LogP contribution is -2.69. The van der Waals surface area contributed by atoms with Gasteiger partial charge in [0, 0.05) is 38.2 Å². The molecule has 1 amide bonds. The number of aryl methyl sites for hydroxylation is 2. The molecule has 2 aliphatic carbocycles. The van der Waals surface area contributed by atoms with Crippen LogP contribution < -0.4 is 9.47 Å². The minimum absolute atomic E-state index is 0.0595. The molecule has 6 unspecified atom stereocenters. The molecule has 61 heavy (non-hydrogen) atoms. The first-order chi connectivity index (χ1) is 29.4. The number of unbranched alkanes of at least 4 members (excludes halogenated alkanes) is 2. The van der Waals surface area contributed by atoms with Crippen LogP contribution in [0.15, 0.2) is 96.2 Å². The van der Waals surface area contributed by atoms with Gasteiger partial charge in [-0.3, -0.25) is 0 Å². The van der Waals surface area contributed by atoms with Gasteiger partial charge in [-0.2, -0.15) is 0 Å². The Morgan fingerprint density at radius 3 is 2.38 bits per heavy atom. The summed E-state index contributed by atoms with van der Waals surface area (Å²) in [6, 6.07) is 21.2. The van der Waals surface area contributed by atoms with Crippen molar-refractivity contribution < 1.29 is 43.5 Å². The molecule has 3 aromatic rings. The molecule has 330 valence electrons. The van der Waals surface area contributed by atoms with Gasteiger partial charge in [0.05, 0.1) is 31.5 Å². The van der Waals surface area contributed by atoms with Crippen LogP contribution in [0.2, 0.25) is 0 Å². The molecular formula is C50H66N2O9. The van der Waals surface area contributed by atoms with E-state index < -0.39 is 29.4 Å². The van der Waals surface area contributed by atoms with E-state index >= 15 is 0 Å². The molecule has 11 nitrogen and oxygen atoms in total. The number of carbonyl (C=O) groups excluding carboxylic acids is 1. The van der Waals surface area contributed by atoms with Gasteiger partial charge in [0.25, 0.3) is 0 Å². The Hall–Kier alpha value is -4.68. The second kappa shape index (κ2) is 20.9. The molecule has 6 atom stereocenters. The number of allylic oxidation sites excluding steroid dienone is 1. The molecule has 6 rings (SSSR count). The van der Waals surface area contributed by atoms with Crippen LogP contribution in [-0.2, 0) is 25.7 Å². The quantitative estimate of drug-likeness (QED) is 0.0649. The molecule has 0 aromatic heterocycles. The molecule has 1 aliphatic heterocycles. The van der Waals surface area contributed by atoms with Gasteiger partial charge in [-0.15, -0.1) is 6.58 Å². The smallest absolute Gasteiger partial charge is 0.410 e. The standard InChI is InChI=1S/C50H66N2O9/c1-8-26-58-50-45(52(7)48(55)57-28-27-56-33-36-16-10-9-11-17-36)32-43(51-61-49(4,5)6)41-30-37(18-12-14-24-53)40(19-13-15-25-54)46(47(41)50)42-31-39(22-23-44(42)60-50)59-38-21-20-34(2)35(3)29-38/h8-11,16-17,20-23,29-31,37,40,45-47,53-54H,1,12-15,18-19,24-28,32-33H2,2-7H3. The average Bonchev–Trinajstić information content (AvgIpc) is 3.24. The molecular weight excluding hydrogens is 773 g/mol. The van der Waals surface area contributed by atoms with Crippen molar-refractivity contribution in [3.05, 3.63) is 113 Å². The van der Waals surface area contributed by atoms with Crippen molar-refractivity contribution in [2.24, 2.45) is 22.9 Å². The van der Waals surface area contributed by atoms with E-state index in [4.69, 9.17) is 33.7 Å². The lowest BCUT2D eigenvalue weighted by atomic mass is 9.55. The third kappa shape index (κ3) is 11.0. The van der Waals surface area contributed by atoms with Crippen molar-refractivity contribution in [3.63, 3.8) is 0 Å². The Morgan fingerprint density at radius 1 is 0.951 bits per heavy atom. The summed E-state index contributed by atoms with van der Waals surface area (Å²) >= 11 is 0. The maximum atomic E-state index is 14.2. The lowest BCUT2D eigenvalue weighted by Gasteiger charge is -2.59. The van der Waals surface area contributed by atoms with E-state index in [1.54, 1.807) is 18.0 Å². The van der Waals surface area contributed by atoms with Crippen LogP contribution in [-0.4, -0.2) is 84.4 Å². The molecule has 0 spiro atoms. The van der Waals surface area contributed by atoms with E-state index in [0.29, 0.717) is 36.7 Å². The highest BCUT2D eigenvalue weighted by molar-refractivity contribution is 6.03. The SMILES string of the molecule is C=CCOC12Oc3ccc(Oc4ccc(C)c(C)c4)cc3C3C(CCCCO)C(CCCCO)C=C(C(=NOC(C)(C)C)CC1N(C)C(=O)OCCOCc1ccccc1)C32. The van der Waals surface area contributed by atoms with Gasteiger partial charge >= 0.3 is 6.09 Å². The fourth-order valence-corrected chi connectivity index (χ4v) is 9.08. The highest BCUT2D eigenvalue weighted by Gasteiger charge is 2.65. The van der Waals surface area contributed by atoms with Crippen molar-refractivity contribution in [2.75, 3.05) is 40.1 Å². The van der Waals surface area contributed by atoms with E-state index in [1.165, 1.54) is 5.56 Å². The number of rotatable bonds is 20. The number of likely N-dealkylation sites (N-methyl/N-ethyl adjacent to an activating group) is 1. The van der Waals surface area contributed by atoms with Crippen LogP contribution in [0.5, 0.6) is 17.2 Å². The molecule has 1 fully saturated rings. The van der Waals surface area contributed by atoms with Crippen molar-refractivity contribution >= 4 is 11.8 Å². The van der Waals surface area contributed by atoms with Crippen molar-refractivity contribution in [1.29, 1.82) is 0 Å². The maximum Gasteiger partial charge on any atom is 0.410 e. The van der Waals surface area contributed by atoms with Crippen molar-refractivity contribution in [2.45, 2.75) is 110 Å². The third-order valence-electron chi connectivity index (χ3n) is 12.1. The molecule has 1 saturated carbocycles. The van der Waals surface area contributed by atoms with Crippen LogP contribution in [0.4, 0.5) is 4.79 Å². The minimum atomic E-state index is -1.39. The van der Waals surface area contributed by atoms with Gasteiger partial charge in [0.15, 0.2) is 0 Å². The number of carbonyl (C=O) groups is 1. The molecule has 0 radical (unpaired) electrons. The number of oxime groups is 1. The van der Waals surface area contributed by atoms with E-state index in [9.17, 15) is 15.0 Å². The first-order valence-electron chi connectivity index (χ1n) is 21.9. The maximum absolute atomic E-state index is 14.2. The van der Waals surface area contributed by atoms with Gasteiger partial charge in [-0.1, -0.05) is 66.5 Å². The zero-order chi connectivity index (χ0) is 43.6. The van der Waals surface area contributed by atoms with Crippen LogP contribution in [0.1, 0.15) is 93.9 Å². The largest absolute Gasteiger partial charge is 0.459 e. The van der Waals surface area contributed by atoms with E-state index in [2.05, 4.69) is 38.6 Å². The minimum Gasteiger partial charge on any atom is -0.459 e. The van der Waals surface area contributed by atoms with E-state index in [1.807, 2.05) is 75.4 Å². The van der Waals surface area contributed by atoms with E-state index in [-0.39, 0.29) is 57.2 Å². The average molecular weight is 839 g/mol. The van der Waals surface area contributed by atoms with Gasteiger partial charge in [-0.25, -0.2) is 4.79 Å². The summed E-state index contributed by atoms with van der Waals surface area (Å²) < 4.78 is 32.5.